The third-order valence-electron chi connectivity index (χ3n) is 3.47. The zero-order valence-electron chi connectivity index (χ0n) is 13.9. The van der Waals surface area contributed by atoms with Gasteiger partial charge in [-0.3, -0.25) is 4.79 Å². The summed E-state index contributed by atoms with van der Waals surface area (Å²) in [5.74, 6) is 0.775. The molecule has 134 valence electrons. The lowest BCUT2D eigenvalue weighted by Crippen LogP contribution is -2.24. The van der Waals surface area contributed by atoms with Gasteiger partial charge in [-0.2, -0.15) is 0 Å². The zero-order chi connectivity index (χ0) is 18.4. The summed E-state index contributed by atoms with van der Waals surface area (Å²) in [4.78, 5) is 11.9. The minimum Gasteiger partial charge on any atom is -0.497 e. The van der Waals surface area contributed by atoms with Crippen LogP contribution in [0, 0.1) is 5.82 Å². The number of aromatic nitrogens is 2. The Bertz CT molecular complexity index is 866. The molecule has 1 heterocycles. The summed E-state index contributed by atoms with van der Waals surface area (Å²) < 4.78 is 23.5. The monoisotopic (exact) mass is 373 g/mol. The Morgan fingerprint density at radius 3 is 2.58 bits per heavy atom. The quantitative estimate of drug-likeness (QED) is 0.641. The van der Waals surface area contributed by atoms with Gasteiger partial charge in [0.05, 0.1) is 12.9 Å². The minimum atomic E-state index is -0.306. The fourth-order valence-electron chi connectivity index (χ4n) is 2.10. The molecule has 0 spiro atoms. The van der Waals surface area contributed by atoms with Crippen molar-refractivity contribution in [2.75, 3.05) is 12.9 Å². The second kappa shape index (κ2) is 8.48. The van der Waals surface area contributed by atoms with Gasteiger partial charge in [0, 0.05) is 12.1 Å². The second-order valence-corrected chi connectivity index (χ2v) is 6.22. The van der Waals surface area contributed by atoms with E-state index in [1.54, 1.807) is 31.4 Å². The van der Waals surface area contributed by atoms with Crippen LogP contribution < -0.4 is 10.1 Å². The van der Waals surface area contributed by atoms with Gasteiger partial charge >= 0.3 is 0 Å². The highest BCUT2D eigenvalue weighted by Crippen LogP contribution is 2.24. The first-order valence-electron chi connectivity index (χ1n) is 7.76. The van der Waals surface area contributed by atoms with Gasteiger partial charge in [0.2, 0.25) is 11.8 Å². The molecular weight excluding hydrogens is 357 g/mol. The normalized spacial score (nSPS) is 10.5. The van der Waals surface area contributed by atoms with Gasteiger partial charge in [0.15, 0.2) is 0 Å². The van der Waals surface area contributed by atoms with E-state index in [1.807, 2.05) is 12.1 Å². The van der Waals surface area contributed by atoms with Crippen LogP contribution in [0.15, 0.2) is 58.2 Å². The molecule has 0 saturated carbocycles. The van der Waals surface area contributed by atoms with Crippen LogP contribution >= 0.6 is 11.8 Å². The van der Waals surface area contributed by atoms with Crippen molar-refractivity contribution < 1.29 is 18.3 Å². The van der Waals surface area contributed by atoms with E-state index in [1.165, 1.54) is 12.1 Å². The number of ether oxygens (including phenoxy) is 1. The molecule has 0 saturated heterocycles. The number of nitrogens with one attached hydrogen (secondary N) is 1. The molecule has 0 aliphatic rings. The zero-order valence-corrected chi connectivity index (χ0v) is 14.8. The van der Waals surface area contributed by atoms with E-state index < -0.39 is 0 Å². The summed E-state index contributed by atoms with van der Waals surface area (Å²) in [6.07, 6.45) is 0. The first-order chi connectivity index (χ1) is 12.6. The number of hydrogen-bond donors (Lipinski definition) is 1. The molecule has 2 aromatic carbocycles. The largest absolute Gasteiger partial charge is 0.497 e. The lowest BCUT2D eigenvalue weighted by atomic mass is 10.2. The predicted molar refractivity (Wildman–Crippen MR) is 95.3 cm³/mol. The first kappa shape index (κ1) is 17.9. The Hall–Kier alpha value is -2.87. The number of nitrogens with zero attached hydrogens (tertiary/aromatic N) is 2. The van der Waals surface area contributed by atoms with Crippen LogP contribution in [0.3, 0.4) is 0 Å². The van der Waals surface area contributed by atoms with Crippen LogP contribution in [0.4, 0.5) is 4.39 Å². The maximum absolute atomic E-state index is 12.8. The molecular formula is C18H16FN3O3S. The topological polar surface area (TPSA) is 77.2 Å². The number of benzene rings is 2. The average molecular weight is 373 g/mol. The molecule has 1 aromatic heterocycles. The van der Waals surface area contributed by atoms with Crippen molar-refractivity contribution in [2.45, 2.75) is 11.8 Å². The van der Waals surface area contributed by atoms with Crippen molar-refractivity contribution in [1.82, 2.24) is 15.5 Å². The summed E-state index contributed by atoms with van der Waals surface area (Å²) in [5, 5.41) is 11.0. The van der Waals surface area contributed by atoms with Crippen molar-refractivity contribution >= 4 is 17.7 Å². The van der Waals surface area contributed by atoms with Gasteiger partial charge in [-0.1, -0.05) is 23.9 Å². The molecule has 3 rings (SSSR count). The third-order valence-corrected chi connectivity index (χ3v) is 4.29. The average Bonchev–Trinajstić information content (AvgIpc) is 3.15. The Morgan fingerprint density at radius 1 is 1.15 bits per heavy atom. The van der Waals surface area contributed by atoms with E-state index in [2.05, 4.69) is 15.5 Å². The maximum atomic E-state index is 12.8. The summed E-state index contributed by atoms with van der Waals surface area (Å²) in [6, 6.07) is 13.2. The molecule has 0 unspecified atom stereocenters. The van der Waals surface area contributed by atoms with Gasteiger partial charge in [-0.05, 0) is 42.0 Å². The Labute approximate surface area is 153 Å². The first-order valence-corrected chi connectivity index (χ1v) is 8.74. The minimum absolute atomic E-state index is 0.144. The Morgan fingerprint density at radius 2 is 1.88 bits per heavy atom. The van der Waals surface area contributed by atoms with Gasteiger partial charge in [0.1, 0.15) is 11.6 Å². The van der Waals surface area contributed by atoms with Crippen molar-refractivity contribution in [3.05, 3.63) is 59.9 Å². The van der Waals surface area contributed by atoms with Crippen LogP contribution in [0.5, 0.6) is 5.75 Å². The van der Waals surface area contributed by atoms with Gasteiger partial charge in [-0.25, -0.2) is 4.39 Å². The van der Waals surface area contributed by atoms with Crippen LogP contribution in [0.1, 0.15) is 5.56 Å². The highest BCUT2D eigenvalue weighted by atomic mass is 32.2. The maximum Gasteiger partial charge on any atom is 0.277 e. The molecule has 3 aromatic rings. The van der Waals surface area contributed by atoms with Gasteiger partial charge in [0.25, 0.3) is 5.22 Å². The smallest absolute Gasteiger partial charge is 0.277 e. The highest BCUT2D eigenvalue weighted by molar-refractivity contribution is 7.99. The van der Waals surface area contributed by atoms with Crippen LogP contribution in [-0.2, 0) is 11.3 Å². The highest BCUT2D eigenvalue weighted by Gasteiger charge is 2.11. The van der Waals surface area contributed by atoms with E-state index in [0.717, 1.165) is 28.6 Å². The van der Waals surface area contributed by atoms with E-state index >= 15 is 0 Å². The number of carbonyl (C=O) groups is 1. The molecule has 0 aliphatic carbocycles. The van der Waals surface area contributed by atoms with Crippen molar-refractivity contribution in [3.8, 4) is 17.2 Å². The Balaban J connectivity index is 1.49. The molecule has 0 atom stereocenters. The standard InChI is InChI=1S/C18H16FN3O3S/c1-24-15-8-4-13(5-9-15)17-21-22-18(25-17)26-11-16(23)20-10-12-2-6-14(19)7-3-12/h2-9H,10-11H2,1H3,(H,20,23). The van der Waals surface area contributed by atoms with Crippen LogP contribution in [0.25, 0.3) is 11.5 Å². The van der Waals surface area contributed by atoms with E-state index in [0.29, 0.717) is 17.7 Å². The number of amides is 1. The molecule has 0 bridgehead atoms. The van der Waals surface area contributed by atoms with Gasteiger partial charge < -0.3 is 14.5 Å². The van der Waals surface area contributed by atoms with Crippen LogP contribution in [0.2, 0.25) is 0 Å². The summed E-state index contributed by atoms with van der Waals surface area (Å²) in [6.45, 7) is 0.334. The van der Waals surface area contributed by atoms with Crippen LogP contribution in [-0.4, -0.2) is 29.0 Å². The number of carbonyl (C=O) groups excluding carboxylic acids is 1. The summed E-state index contributed by atoms with van der Waals surface area (Å²) in [5.41, 5.74) is 1.59. The molecule has 26 heavy (non-hydrogen) atoms. The molecule has 1 N–H and O–H groups in total. The second-order valence-electron chi connectivity index (χ2n) is 5.29. The molecule has 0 radical (unpaired) electrons. The van der Waals surface area contributed by atoms with E-state index in [9.17, 15) is 9.18 Å². The number of methoxy groups -OCH3 is 1. The van der Waals surface area contributed by atoms with E-state index in [4.69, 9.17) is 9.15 Å². The lowest BCUT2D eigenvalue weighted by Gasteiger charge is -2.04. The molecule has 0 fully saturated rings. The summed E-state index contributed by atoms with van der Waals surface area (Å²) >= 11 is 1.15. The third kappa shape index (κ3) is 4.82. The fourth-order valence-corrected chi connectivity index (χ4v) is 2.69. The van der Waals surface area contributed by atoms with Crippen molar-refractivity contribution in [2.24, 2.45) is 0 Å². The molecule has 6 nitrogen and oxygen atoms in total. The number of halogens is 1. The number of thioether (sulfide) groups is 1. The lowest BCUT2D eigenvalue weighted by molar-refractivity contribution is -0.118. The van der Waals surface area contributed by atoms with Crippen molar-refractivity contribution in [3.63, 3.8) is 0 Å². The molecule has 0 aliphatic heterocycles. The number of hydrogen-bond acceptors (Lipinski definition) is 6. The molecule has 8 heteroatoms. The van der Waals surface area contributed by atoms with Gasteiger partial charge in [-0.15, -0.1) is 10.2 Å². The van der Waals surface area contributed by atoms with Crippen molar-refractivity contribution in [1.29, 1.82) is 0 Å². The fraction of sp³-hybridized carbons (Fsp3) is 0.167. The molecule has 1 amide bonds. The SMILES string of the molecule is COc1ccc(-c2nnc(SCC(=O)NCc3ccc(F)cc3)o2)cc1. The summed E-state index contributed by atoms with van der Waals surface area (Å²) in [7, 11) is 1.59. The number of rotatable bonds is 7. The Kier molecular flexibility index (Phi) is 5.85. The predicted octanol–water partition coefficient (Wildman–Crippen LogP) is 3.29. The van der Waals surface area contributed by atoms with E-state index in [-0.39, 0.29) is 17.5 Å².